The summed E-state index contributed by atoms with van der Waals surface area (Å²) in [5.74, 6) is 1.20. The largest absolute Gasteiger partial charge is 0.370 e. The van der Waals surface area contributed by atoms with Crippen molar-refractivity contribution in [3.63, 3.8) is 0 Å². The van der Waals surface area contributed by atoms with Crippen LogP contribution in [-0.4, -0.2) is 36.5 Å². The van der Waals surface area contributed by atoms with E-state index in [4.69, 9.17) is 5.73 Å². The molecule has 0 aromatic heterocycles. The van der Waals surface area contributed by atoms with E-state index >= 15 is 0 Å². The SMILES string of the molecule is Cc1cc(C)cc(NC(N)=NCC2CCN(C3CC3)C2)c1. The van der Waals surface area contributed by atoms with Crippen LogP contribution in [0.4, 0.5) is 5.69 Å². The van der Waals surface area contributed by atoms with E-state index in [0.29, 0.717) is 11.9 Å². The van der Waals surface area contributed by atoms with Gasteiger partial charge in [-0.2, -0.15) is 0 Å². The van der Waals surface area contributed by atoms with E-state index in [0.717, 1.165) is 18.3 Å². The van der Waals surface area contributed by atoms with E-state index in [-0.39, 0.29) is 0 Å². The molecular formula is C17H26N4. The zero-order valence-electron chi connectivity index (χ0n) is 13.1. The van der Waals surface area contributed by atoms with Gasteiger partial charge in [0.2, 0.25) is 0 Å². The third kappa shape index (κ3) is 3.97. The van der Waals surface area contributed by atoms with Crippen molar-refractivity contribution in [3.05, 3.63) is 29.3 Å². The van der Waals surface area contributed by atoms with Crippen molar-refractivity contribution in [2.24, 2.45) is 16.6 Å². The summed E-state index contributed by atoms with van der Waals surface area (Å²) in [5, 5.41) is 3.21. The molecule has 1 atom stereocenters. The van der Waals surface area contributed by atoms with Gasteiger partial charge in [0, 0.05) is 24.8 Å². The fourth-order valence-corrected chi connectivity index (χ4v) is 3.24. The van der Waals surface area contributed by atoms with Gasteiger partial charge in [-0.15, -0.1) is 0 Å². The van der Waals surface area contributed by atoms with Gasteiger partial charge in [0.05, 0.1) is 0 Å². The summed E-state index contributed by atoms with van der Waals surface area (Å²) in [5.41, 5.74) is 9.52. The molecule has 1 aromatic carbocycles. The molecular weight excluding hydrogens is 260 g/mol. The summed E-state index contributed by atoms with van der Waals surface area (Å²) >= 11 is 0. The molecule has 0 amide bonds. The number of hydrogen-bond acceptors (Lipinski definition) is 2. The van der Waals surface area contributed by atoms with E-state index in [9.17, 15) is 0 Å². The van der Waals surface area contributed by atoms with Crippen molar-refractivity contribution in [1.82, 2.24) is 4.90 Å². The van der Waals surface area contributed by atoms with Gasteiger partial charge >= 0.3 is 0 Å². The van der Waals surface area contributed by atoms with Gasteiger partial charge in [0.15, 0.2) is 5.96 Å². The van der Waals surface area contributed by atoms with E-state index in [1.807, 2.05) is 0 Å². The molecule has 0 radical (unpaired) electrons. The maximum atomic E-state index is 6.02. The minimum Gasteiger partial charge on any atom is -0.370 e. The average molecular weight is 286 g/mol. The minimum absolute atomic E-state index is 0.532. The molecule has 1 aliphatic heterocycles. The Balaban J connectivity index is 1.51. The van der Waals surface area contributed by atoms with Crippen LogP contribution in [0.5, 0.6) is 0 Å². The van der Waals surface area contributed by atoms with E-state index in [2.05, 4.69) is 47.3 Å². The third-order valence-electron chi connectivity index (χ3n) is 4.39. The second-order valence-corrected chi connectivity index (χ2v) is 6.61. The Bertz CT molecular complexity index is 513. The van der Waals surface area contributed by atoms with E-state index in [1.54, 1.807) is 0 Å². The van der Waals surface area contributed by atoms with Crippen molar-refractivity contribution in [2.45, 2.75) is 39.2 Å². The number of nitrogens with zero attached hydrogens (tertiary/aromatic N) is 2. The number of rotatable bonds is 4. The number of nitrogens with two attached hydrogens (primary N) is 1. The number of aliphatic imine (C=N–C) groups is 1. The average Bonchev–Trinajstić information content (AvgIpc) is 3.14. The smallest absolute Gasteiger partial charge is 0.193 e. The second kappa shape index (κ2) is 6.06. The second-order valence-electron chi connectivity index (χ2n) is 6.61. The highest BCUT2D eigenvalue weighted by atomic mass is 15.2. The first-order valence-corrected chi connectivity index (χ1v) is 7.99. The van der Waals surface area contributed by atoms with Gasteiger partial charge in [-0.1, -0.05) is 6.07 Å². The van der Waals surface area contributed by atoms with Crippen molar-refractivity contribution in [1.29, 1.82) is 0 Å². The molecule has 21 heavy (non-hydrogen) atoms. The van der Waals surface area contributed by atoms with Crippen LogP contribution < -0.4 is 11.1 Å². The van der Waals surface area contributed by atoms with Crippen LogP contribution in [0.1, 0.15) is 30.4 Å². The highest BCUT2D eigenvalue weighted by Crippen LogP contribution is 2.31. The monoisotopic (exact) mass is 286 g/mol. The van der Waals surface area contributed by atoms with Crippen LogP contribution >= 0.6 is 0 Å². The molecule has 4 heteroatoms. The maximum Gasteiger partial charge on any atom is 0.193 e. The van der Waals surface area contributed by atoms with Crippen LogP contribution in [0.15, 0.2) is 23.2 Å². The number of guanidine groups is 1. The number of hydrogen-bond donors (Lipinski definition) is 2. The van der Waals surface area contributed by atoms with Crippen molar-refractivity contribution in [3.8, 4) is 0 Å². The van der Waals surface area contributed by atoms with Gasteiger partial charge in [-0.3, -0.25) is 4.99 Å². The Morgan fingerprint density at radius 2 is 1.95 bits per heavy atom. The Hall–Kier alpha value is -1.55. The Labute approximate surface area is 127 Å². The molecule has 3 N–H and O–H groups in total. The summed E-state index contributed by atoms with van der Waals surface area (Å²) in [6, 6.07) is 7.23. The predicted molar refractivity (Wildman–Crippen MR) is 88.7 cm³/mol. The summed E-state index contributed by atoms with van der Waals surface area (Å²) in [7, 11) is 0. The van der Waals surface area contributed by atoms with Crippen LogP contribution in [0, 0.1) is 19.8 Å². The topological polar surface area (TPSA) is 53.6 Å². The fourth-order valence-electron chi connectivity index (χ4n) is 3.24. The van der Waals surface area contributed by atoms with Gasteiger partial charge in [-0.05, 0) is 68.8 Å². The molecule has 2 aliphatic rings. The Morgan fingerprint density at radius 3 is 2.62 bits per heavy atom. The lowest BCUT2D eigenvalue weighted by molar-refractivity contribution is 0.315. The summed E-state index contributed by atoms with van der Waals surface area (Å²) in [4.78, 5) is 7.15. The first-order valence-electron chi connectivity index (χ1n) is 7.99. The molecule has 1 heterocycles. The number of likely N-dealkylation sites (tertiary alicyclic amines) is 1. The first kappa shape index (κ1) is 14.4. The summed E-state index contributed by atoms with van der Waals surface area (Å²) in [6.45, 7) is 7.47. The maximum absolute atomic E-state index is 6.02. The number of anilines is 1. The third-order valence-corrected chi connectivity index (χ3v) is 4.39. The predicted octanol–water partition coefficient (Wildman–Crippen LogP) is 2.51. The molecule has 1 aliphatic carbocycles. The number of benzene rings is 1. The standard InChI is InChI=1S/C17H26N4/c1-12-7-13(2)9-15(8-12)20-17(18)19-10-14-5-6-21(11-14)16-3-4-16/h7-9,14,16H,3-6,10-11H2,1-2H3,(H3,18,19,20). The zero-order chi connectivity index (χ0) is 14.8. The molecule has 0 spiro atoms. The summed E-state index contributed by atoms with van der Waals surface area (Å²) < 4.78 is 0. The minimum atomic E-state index is 0.532. The van der Waals surface area contributed by atoms with Crippen LogP contribution in [0.2, 0.25) is 0 Å². The van der Waals surface area contributed by atoms with Gasteiger partial charge in [-0.25, -0.2) is 0 Å². The van der Waals surface area contributed by atoms with Gasteiger partial charge in [0.25, 0.3) is 0 Å². The molecule has 1 saturated carbocycles. The molecule has 2 fully saturated rings. The quantitative estimate of drug-likeness (QED) is 0.660. The zero-order valence-corrected chi connectivity index (χ0v) is 13.1. The first-order chi connectivity index (χ1) is 10.1. The molecule has 1 aromatic rings. The molecule has 1 saturated heterocycles. The lowest BCUT2D eigenvalue weighted by Crippen LogP contribution is -2.25. The molecule has 114 valence electrons. The van der Waals surface area contributed by atoms with Crippen LogP contribution in [0.3, 0.4) is 0 Å². The molecule has 4 nitrogen and oxygen atoms in total. The van der Waals surface area contributed by atoms with Crippen molar-refractivity contribution >= 4 is 11.6 Å². The highest BCUT2D eigenvalue weighted by molar-refractivity contribution is 5.92. The lowest BCUT2D eigenvalue weighted by atomic mass is 10.1. The highest BCUT2D eigenvalue weighted by Gasteiger charge is 2.34. The van der Waals surface area contributed by atoms with Crippen molar-refractivity contribution in [2.75, 3.05) is 25.0 Å². The Morgan fingerprint density at radius 1 is 1.24 bits per heavy atom. The van der Waals surface area contributed by atoms with Crippen molar-refractivity contribution < 1.29 is 0 Å². The molecule has 3 rings (SSSR count). The van der Waals surface area contributed by atoms with E-state index in [1.165, 1.54) is 43.5 Å². The summed E-state index contributed by atoms with van der Waals surface area (Å²) in [6.07, 6.45) is 4.05. The Kier molecular flexibility index (Phi) is 4.15. The van der Waals surface area contributed by atoms with Gasteiger partial charge in [0.1, 0.15) is 0 Å². The lowest BCUT2D eigenvalue weighted by Gasteiger charge is -2.14. The number of nitrogens with one attached hydrogen (secondary N) is 1. The fraction of sp³-hybridized carbons (Fsp3) is 0.588. The van der Waals surface area contributed by atoms with Gasteiger partial charge < -0.3 is 16.0 Å². The van der Waals surface area contributed by atoms with E-state index < -0.39 is 0 Å². The number of aryl methyl sites for hydroxylation is 2. The normalized spacial score (nSPS) is 23.5. The van der Waals surface area contributed by atoms with Crippen LogP contribution in [-0.2, 0) is 0 Å². The molecule has 0 bridgehead atoms. The van der Waals surface area contributed by atoms with Crippen LogP contribution in [0.25, 0.3) is 0 Å². The molecule has 1 unspecified atom stereocenters.